The molecule has 0 saturated heterocycles. The quantitative estimate of drug-likeness (QED) is 0.637. The number of aromatic nitrogens is 3. The number of aliphatic hydroxyl groups is 1. The maximum absolute atomic E-state index is 13.2. The second kappa shape index (κ2) is 8.19. The molecule has 3 aromatic rings. The van der Waals surface area contributed by atoms with Crippen molar-refractivity contribution in [3.8, 4) is 5.69 Å². The van der Waals surface area contributed by atoms with Crippen molar-refractivity contribution in [2.75, 3.05) is 14.1 Å². The molecule has 8 heteroatoms. The first-order valence-corrected chi connectivity index (χ1v) is 8.96. The average Bonchev–Trinajstić information content (AvgIpc) is 3.03. The van der Waals surface area contributed by atoms with Crippen LogP contribution in [0.2, 0.25) is 10.0 Å². The molecule has 1 aromatic heterocycles. The molecule has 0 aliphatic carbocycles. The van der Waals surface area contributed by atoms with Crippen molar-refractivity contribution in [2.24, 2.45) is 0 Å². The van der Waals surface area contributed by atoms with E-state index in [9.17, 15) is 9.90 Å². The van der Waals surface area contributed by atoms with Gasteiger partial charge < -0.3 is 10.0 Å². The Kier molecular flexibility index (Phi) is 5.92. The van der Waals surface area contributed by atoms with E-state index in [1.165, 1.54) is 0 Å². The normalized spacial score (nSPS) is 11.2. The summed E-state index contributed by atoms with van der Waals surface area (Å²) in [6, 6.07) is 11.8. The Labute approximate surface area is 167 Å². The van der Waals surface area contributed by atoms with Crippen molar-refractivity contribution in [1.29, 1.82) is 0 Å². The average molecular weight is 405 g/mol. The predicted molar refractivity (Wildman–Crippen MR) is 105 cm³/mol. The smallest absolute Gasteiger partial charge is 0.196 e. The second-order valence-corrected chi connectivity index (χ2v) is 7.08. The summed E-state index contributed by atoms with van der Waals surface area (Å²) in [7, 11) is 3.80. The van der Waals surface area contributed by atoms with Gasteiger partial charge in [-0.1, -0.05) is 35.3 Å². The van der Waals surface area contributed by atoms with Gasteiger partial charge in [0.05, 0.1) is 17.3 Å². The third-order valence-corrected chi connectivity index (χ3v) is 4.52. The molecule has 0 saturated carbocycles. The zero-order valence-electron chi connectivity index (χ0n) is 14.9. The first kappa shape index (κ1) is 19.5. The maximum atomic E-state index is 13.2. The molecule has 0 amide bonds. The highest BCUT2D eigenvalue weighted by Crippen LogP contribution is 2.27. The summed E-state index contributed by atoms with van der Waals surface area (Å²) >= 11 is 12.4. The fourth-order valence-corrected chi connectivity index (χ4v) is 3.19. The fourth-order valence-electron chi connectivity index (χ4n) is 2.79. The van der Waals surface area contributed by atoms with Crippen molar-refractivity contribution in [3.05, 3.63) is 75.3 Å². The van der Waals surface area contributed by atoms with Gasteiger partial charge in [0.25, 0.3) is 0 Å². The summed E-state index contributed by atoms with van der Waals surface area (Å²) in [5.74, 6) is 0.661. The molecule has 6 nitrogen and oxygen atoms in total. The molecule has 1 N–H and O–H groups in total. The number of carbonyl (C=O) groups is 1. The number of hydrogen-bond donors (Lipinski definition) is 1. The van der Waals surface area contributed by atoms with Crippen LogP contribution in [-0.4, -0.2) is 44.6 Å². The fraction of sp³-hybridized carbons (Fsp3) is 0.211. The third-order valence-electron chi connectivity index (χ3n) is 3.96. The molecule has 0 fully saturated rings. The lowest BCUT2D eigenvalue weighted by atomic mass is 10.0. The van der Waals surface area contributed by atoms with Crippen molar-refractivity contribution < 1.29 is 9.90 Å². The van der Waals surface area contributed by atoms with Crippen molar-refractivity contribution in [3.63, 3.8) is 0 Å². The van der Waals surface area contributed by atoms with Crippen LogP contribution in [0.1, 0.15) is 27.6 Å². The van der Waals surface area contributed by atoms with Gasteiger partial charge in [-0.15, -0.1) is 10.2 Å². The summed E-state index contributed by atoms with van der Waals surface area (Å²) in [4.78, 5) is 15.1. The van der Waals surface area contributed by atoms with Gasteiger partial charge in [-0.2, -0.15) is 0 Å². The minimum Gasteiger partial charge on any atom is -0.388 e. The topological polar surface area (TPSA) is 71.2 Å². The zero-order chi connectivity index (χ0) is 19.6. The highest BCUT2D eigenvalue weighted by Gasteiger charge is 2.22. The van der Waals surface area contributed by atoms with Crippen LogP contribution in [0.3, 0.4) is 0 Å². The molecular weight excluding hydrogens is 387 g/mol. The largest absolute Gasteiger partial charge is 0.388 e. The summed E-state index contributed by atoms with van der Waals surface area (Å²) < 4.78 is 1.68. The summed E-state index contributed by atoms with van der Waals surface area (Å²) in [6.07, 6.45) is 0. The van der Waals surface area contributed by atoms with Crippen LogP contribution < -0.4 is 0 Å². The molecule has 0 unspecified atom stereocenters. The Balaban J connectivity index is 2.21. The lowest BCUT2D eigenvalue weighted by Gasteiger charge is -2.16. The lowest BCUT2D eigenvalue weighted by Crippen LogP contribution is -2.18. The van der Waals surface area contributed by atoms with Crippen LogP contribution in [0.15, 0.2) is 42.5 Å². The number of aliphatic hydroxyl groups excluding tert-OH is 1. The van der Waals surface area contributed by atoms with Gasteiger partial charge in [-0.3, -0.25) is 9.36 Å². The molecule has 27 heavy (non-hydrogen) atoms. The van der Waals surface area contributed by atoms with Crippen molar-refractivity contribution >= 4 is 29.0 Å². The third kappa shape index (κ3) is 4.04. The van der Waals surface area contributed by atoms with Gasteiger partial charge in [-0.05, 0) is 44.4 Å². The zero-order valence-corrected chi connectivity index (χ0v) is 16.4. The summed E-state index contributed by atoms with van der Waals surface area (Å²) in [5.41, 5.74) is 1.26. The predicted octanol–water partition coefficient (Wildman–Crippen LogP) is 3.36. The molecule has 1 heterocycles. The van der Waals surface area contributed by atoms with Gasteiger partial charge in [0.15, 0.2) is 17.4 Å². The molecule has 140 valence electrons. The van der Waals surface area contributed by atoms with Gasteiger partial charge in [0, 0.05) is 16.1 Å². The Morgan fingerprint density at radius 3 is 2.44 bits per heavy atom. The minimum absolute atomic E-state index is 0.272. The van der Waals surface area contributed by atoms with Crippen molar-refractivity contribution in [2.45, 2.75) is 13.2 Å². The standard InChI is InChI=1S/C19H18Cl2N4O2/c1-24(2)10-17-22-23-18(11-26)25(17)16-8-7-12(20)9-14(16)19(27)13-5-3-4-6-15(13)21/h3-9,26H,10-11H2,1-2H3. The molecule has 0 atom stereocenters. The molecule has 3 rings (SSSR count). The van der Waals surface area contributed by atoms with E-state index in [0.717, 1.165) is 0 Å². The van der Waals surface area contributed by atoms with E-state index >= 15 is 0 Å². The first-order chi connectivity index (χ1) is 12.9. The number of benzene rings is 2. The van der Waals surface area contributed by atoms with Crippen LogP contribution >= 0.6 is 23.2 Å². The van der Waals surface area contributed by atoms with E-state index in [1.54, 1.807) is 47.0 Å². The van der Waals surface area contributed by atoms with E-state index < -0.39 is 0 Å². The Morgan fingerprint density at radius 1 is 1.07 bits per heavy atom. The SMILES string of the molecule is CN(C)Cc1nnc(CO)n1-c1ccc(Cl)cc1C(=O)c1ccccc1Cl. The molecular formula is C19H18Cl2N4O2. The Bertz CT molecular complexity index is 986. The summed E-state index contributed by atoms with van der Waals surface area (Å²) in [5, 5.41) is 18.7. The second-order valence-electron chi connectivity index (χ2n) is 6.23. The van der Waals surface area contributed by atoms with E-state index in [-0.39, 0.29) is 12.4 Å². The summed E-state index contributed by atoms with van der Waals surface area (Å²) in [6.45, 7) is 0.165. The number of halogens is 2. The van der Waals surface area contributed by atoms with E-state index in [1.807, 2.05) is 19.0 Å². The van der Waals surface area contributed by atoms with Crippen LogP contribution in [0.4, 0.5) is 0 Å². The molecule has 0 bridgehead atoms. The van der Waals surface area contributed by atoms with Crippen LogP contribution in [-0.2, 0) is 13.2 Å². The number of ketones is 1. The Hall–Kier alpha value is -2.25. The molecule has 0 aliphatic heterocycles. The monoisotopic (exact) mass is 404 g/mol. The van der Waals surface area contributed by atoms with Gasteiger partial charge in [0.1, 0.15) is 6.61 Å². The molecule has 0 aliphatic rings. The van der Waals surface area contributed by atoms with Gasteiger partial charge >= 0.3 is 0 Å². The van der Waals surface area contributed by atoms with E-state index in [4.69, 9.17) is 23.2 Å². The maximum Gasteiger partial charge on any atom is 0.196 e. The molecule has 0 radical (unpaired) electrons. The van der Waals surface area contributed by atoms with Gasteiger partial charge in [-0.25, -0.2) is 0 Å². The van der Waals surface area contributed by atoms with Gasteiger partial charge in [0.2, 0.25) is 0 Å². The van der Waals surface area contributed by atoms with Crippen LogP contribution in [0.5, 0.6) is 0 Å². The molecule has 0 spiro atoms. The van der Waals surface area contributed by atoms with Crippen molar-refractivity contribution in [1.82, 2.24) is 19.7 Å². The number of nitrogens with zero attached hydrogens (tertiary/aromatic N) is 4. The minimum atomic E-state index is -0.317. The highest BCUT2D eigenvalue weighted by atomic mass is 35.5. The van der Waals surface area contributed by atoms with Crippen LogP contribution in [0, 0.1) is 0 Å². The number of hydrogen-bond acceptors (Lipinski definition) is 5. The highest BCUT2D eigenvalue weighted by molar-refractivity contribution is 6.35. The van der Waals surface area contributed by atoms with E-state index in [2.05, 4.69) is 10.2 Å². The number of rotatable bonds is 6. The lowest BCUT2D eigenvalue weighted by molar-refractivity contribution is 0.103. The molecule has 2 aromatic carbocycles. The van der Waals surface area contributed by atoms with Crippen LogP contribution in [0.25, 0.3) is 5.69 Å². The Morgan fingerprint density at radius 2 is 1.78 bits per heavy atom. The van der Waals surface area contributed by atoms with E-state index in [0.29, 0.717) is 45.1 Å². The number of carbonyl (C=O) groups excluding carboxylic acids is 1. The first-order valence-electron chi connectivity index (χ1n) is 8.20.